The zero-order valence-electron chi connectivity index (χ0n) is 15.6. The zero-order chi connectivity index (χ0) is 18.6. The number of H-pyrrole nitrogens is 1. The number of hydrogen-bond donors (Lipinski definition) is 1. The number of aromatic nitrogens is 3. The molecule has 0 aliphatic carbocycles. The monoisotopic (exact) mass is 363 g/mol. The Labute approximate surface area is 159 Å². The standard InChI is InChI=1S/C21H25N5O/c1-25(21(27)20-18-7-2-3-8-19(18)23-24-20)17-10-14-26(15-11-17)13-9-16-6-4-5-12-22-16/h2-8,12,17H,9-11,13-15H2,1H3,(H,23,24). The van der Waals surface area contributed by atoms with Crippen LogP contribution in [0.3, 0.4) is 0 Å². The van der Waals surface area contributed by atoms with E-state index in [9.17, 15) is 4.79 Å². The lowest BCUT2D eigenvalue weighted by Gasteiger charge is -2.36. The number of carbonyl (C=O) groups excluding carboxylic acids is 1. The van der Waals surface area contributed by atoms with Crippen LogP contribution in [0.4, 0.5) is 0 Å². The fraction of sp³-hybridized carbons (Fsp3) is 0.381. The van der Waals surface area contributed by atoms with Gasteiger partial charge in [0.25, 0.3) is 5.91 Å². The minimum atomic E-state index is -0.000569. The lowest BCUT2D eigenvalue weighted by molar-refractivity contribution is 0.0639. The Bertz CT molecular complexity index is 899. The maximum absolute atomic E-state index is 12.9. The van der Waals surface area contributed by atoms with Gasteiger partial charge in [0.2, 0.25) is 0 Å². The molecule has 0 spiro atoms. The van der Waals surface area contributed by atoms with Crippen LogP contribution in [0.2, 0.25) is 0 Å². The van der Waals surface area contributed by atoms with Crippen LogP contribution in [0.25, 0.3) is 10.9 Å². The summed E-state index contributed by atoms with van der Waals surface area (Å²) in [6.45, 7) is 3.04. The van der Waals surface area contributed by atoms with E-state index in [2.05, 4.69) is 26.1 Å². The topological polar surface area (TPSA) is 65.1 Å². The van der Waals surface area contributed by atoms with E-state index < -0.39 is 0 Å². The first kappa shape index (κ1) is 17.7. The van der Waals surface area contributed by atoms with Gasteiger partial charge in [-0.1, -0.05) is 24.3 Å². The molecule has 1 aliphatic heterocycles. The van der Waals surface area contributed by atoms with E-state index in [-0.39, 0.29) is 11.9 Å². The Kier molecular flexibility index (Phi) is 5.16. The summed E-state index contributed by atoms with van der Waals surface area (Å²) in [7, 11) is 1.90. The third-order valence-corrected chi connectivity index (χ3v) is 5.51. The molecule has 1 fully saturated rings. The van der Waals surface area contributed by atoms with E-state index in [0.717, 1.165) is 55.5 Å². The minimum absolute atomic E-state index is 0.000569. The number of aromatic amines is 1. The molecule has 1 aliphatic rings. The molecule has 140 valence electrons. The number of rotatable bonds is 5. The Morgan fingerprint density at radius 3 is 2.74 bits per heavy atom. The number of nitrogens with zero attached hydrogens (tertiary/aromatic N) is 4. The molecule has 0 atom stereocenters. The number of piperidine rings is 1. The maximum Gasteiger partial charge on any atom is 0.274 e. The van der Waals surface area contributed by atoms with Gasteiger partial charge in [-0.15, -0.1) is 0 Å². The van der Waals surface area contributed by atoms with Crippen molar-refractivity contribution in [2.24, 2.45) is 0 Å². The van der Waals surface area contributed by atoms with Gasteiger partial charge in [-0.2, -0.15) is 5.10 Å². The summed E-state index contributed by atoms with van der Waals surface area (Å²) >= 11 is 0. The number of benzene rings is 1. The van der Waals surface area contributed by atoms with Gasteiger partial charge in [0.1, 0.15) is 0 Å². The average Bonchev–Trinajstić information content (AvgIpc) is 3.16. The summed E-state index contributed by atoms with van der Waals surface area (Å²) in [6.07, 6.45) is 4.81. The Morgan fingerprint density at radius 2 is 1.96 bits per heavy atom. The summed E-state index contributed by atoms with van der Waals surface area (Å²) in [5.74, 6) is -0.000569. The first-order valence-electron chi connectivity index (χ1n) is 9.55. The summed E-state index contributed by atoms with van der Waals surface area (Å²) in [5, 5.41) is 8.10. The van der Waals surface area contributed by atoms with Crippen molar-refractivity contribution in [3.05, 3.63) is 60.0 Å². The van der Waals surface area contributed by atoms with Crippen LogP contribution in [0.5, 0.6) is 0 Å². The summed E-state index contributed by atoms with van der Waals surface area (Å²) in [6, 6.07) is 14.1. The van der Waals surface area contributed by atoms with Crippen LogP contribution in [0.15, 0.2) is 48.7 Å². The predicted octanol–water partition coefficient (Wildman–Crippen LogP) is 2.74. The number of fused-ring (bicyclic) bond motifs is 1. The number of pyridine rings is 1. The molecule has 1 saturated heterocycles. The van der Waals surface area contributed by atoms with Crippen molar-refractivity contribution in [3.8, 4) is 0 Å². The summed E-state index contributed by atoms with van der Waals surface area (Å²) in [5.41, 5.74) is 2.56. The quantitative estimate of drug-likeness (QED) is 0.757. The molecule has 1 N–H and O–H groups in total. The van der Waals surface area contributed by atoms with Crippen LogP contribution in [-0.2, 0) is 6.42 Å². The highest BCUT2D eigenvalue weighted by Crippen LogP contribution is 2.21. The molecule has 3 heterocycles. The highest BCUT2D eigenvalue weighted by atomic mass is 16.2. The van der Waals surface area contributed by atoms with E-state index in [1.165, 1.54) is 0 Å². The van der Waals surface area contributed by atoms with Crippen LogP contribution in [-0.4, -0.2) is 63.6 Å². The molecule has 0 bridgehead atoms. The van der Waals surface area contributed by atoms with Crippen LogP contribution in [0, 0.1) is 0 Å². The van der Waals surface area contributed by atoms with Gasteiger partial charge in [0, 0.05) is 56.4 Å². The molecular weight excluding hydrogens is 338 g/mol. The number of amides is 1. The molecular formula is C21H25N5O. The number of para-hydroxylation sites is 1. The molecule has 27 heavy (non-hydrogen) atoms. The van der Waals surface area contributed by atoms with E-state index in [1.807, 2.05) is 54.5 Å². The summed E-state index contributed by atoms with van der Waals surface area (Å²) < 4.78 is 0. The molecule has 1 amide bonds. The summed E-state index contributed by atoms with van der Waals surface area (Å²) in [4.78, 5) is 21.7. The van der Waals surface area contributed by atoms with Crippen molar-refractivity contribution in [2.45, 2.75) is 25.3 Å². The van der Waals surface area contributed by atoms with Crippen LogP contribution < -0.4 is 0 Å². The molecule has 6 heteroatoms. The average molecular weight is 363 g/mol. The lowest BCUT2D eigenvalue weighted by Crippen LogP contribution is -2.46. The molecule has 2 aromatic heterocycles. The van der Waals surface area contributed by atoms with E-state index in [1.54, 1.807) is 0 Å². The molecule has 3 aromatic rings. The molecule has 0 radical (unpaired) electrons. The van der Waals surface area contributed by atoms with Crippen molar-refractivity contribution in [1.82, 2.24) is 25.0 Å². The number of hydrogen-bond acceptors (Lipinski definition) is 4. The first-order valence-corrected chi connectivity index (χ1v) is 9.55. The Balaban J connectivity index is 1.33. The lowest BCUT2D eigenvalue weighted by atomic mass is 10.0. The first-order chi connectivity index (χ1) is 13.2. The number of likely N-dealkylation sites (tertiary alicyclic amines) is 1. The van der Waals surface area contributed by atoms with Gasteiger partial charge in [-0.25, -0.2) is 0 Å². The fourth-order valence-corrected chi connectivity index (χ4v) is 3.81. The third-order valence-electron chi connectivity index (χ3n) is 5.51. The maximum atomic E-state index is 12.9. The third kappa shape index (κ3) is 3.85. The van der Waals surface area contributed by atoms with E-state index >= 15 is 0 Å². The number of carbonyl (C=O) groups is 1. The Morgan fingerprint density at radius 1 is 1.19 bits per heavy atom. The van der Waals surface area contributed by atoms with Crippen molar-refractivity contribution in [2.75, 3.05) is 26.7 Å². The Hall–Kier alpha value is -2.73. The highest BCUT2D eigenvalue weighted by Gasteiger charge is 2.27. The normalized spacial score (nSPS) is 15.9. The van der Waals surface area contributed by atoms with Crippen molar-refractivity contribution in [1.29, 1.82) is 0 Å². The van der Waals surface area contributed by atoms with Crippen molar-refractivity contribution < 1.29 is 4.79 Å². The second-order valence-electron chi connectivity index (χ2n) is 7.18. The second kappa shape index (κ2) is 7.88. The van der Waals surface area contributed by atoms with E-state index in [0.29, 0.717) is 5.69 Å². The van der Waals surface area contributed by atoms with Crippen LogP contribution in [0.1, 0.15) is 29.0 Å². The van der Waals surface area contributed by atoms with Gasteiger partial charge >= 0.3 is 0 Å². The fourth-order valence-electron chi connectivity index (χ4n) is 3.81. The van der Waals surface area contributed by atoms with Gasteiger partial charge < -0.3 is 9.80 Å². The van der Waals surface area contributed by atoms with Gasteiger partial charge in [0.05, 0.1) is 5.52 Å². The van der Waals surface area contributed by atoms with E-state index in [4.69, 9.17) is 0 Å². The highest BCUT2D eigenvalue weighted by molar-refractivity contribution is 6.04. The zero-order valence-corrected chi connectivity index (χ0v) is 15.6. The van der Waals surface area contributed by atoms with Gasteiger partial charge in [-0.05, 0) is 31.0 Å². The molecule has 4 rings (SSSR count). The second-order valence-corrected chi connectivity index (χ2v) is 7.18. The number of nitrogens with one attached hydrogen (secondary N) is 1. The smallest absolute Gasteiger partial charge is 0.274 e. The van der Waals surface area contributed by atoms with Crippen LogP contribution >= 0.6 is 0 Å². The SMILES string of the molecule is CN(C(=O)c1n[nH]c2ccccc12)C1CCN(CCc2ccccn2)CC1. The minimum Gasteiger partial charge on any atom is -0.337 e. The van der Waals surface area contributed by atoms with Gasteiger partial charge in [-0.3, -0.25) is 14.9 Å². The molecule has 6 nitrogen and oxygen atoms in total. The van der Waals surface area contributed by atoms with Crippen molar-refractivity contribution in [3.63, 3.8) is 0 Å². The molecule has 1 aromatic carbocycles. The van der Waals surface area contributed by atoms with Gasteiger partial charge in [0.15, 0.2) is 5.69 Å². The van der Waals surface area contributed by atoms with Crippen molar-refractivity contribution >= 4 is 16.8 Å². The predicted molar refractivity (Wildman–Crippen MR) is 106 cm³/mol. The molecule has 0 saturated carbocycles. The molecule has 0 unspecified atom stereocenters. The largest absolute Gasteiger partial charge is 0.337 e.